The Hall–Kier alpha value is -0.830. The second-order valence-electron chi connectivity index (χ2n) is 4.10. The lowest BCUT2D eigenvalue weighted by Crippen LogP contribution is -2.17. The lowest BCUT2D eigenvalue weighted by Gasteiger charge is -2.21. The van der Waals surface area contributed by atoms with Crippen LogP contribution >= 0.6 is 11.6 Å². The molecule has 1 aromatic heterocycles. The molecule has 0 aliphatic heterocycles. The number of nitrogens with zero attached hydrogens (tertiary/aromatic N) is 2. The zero-order chi connectivity index (χ0) is 10.5. The molecule has 0 amide bonds. The van der Waals surface area contributed by atoms with Crippen LogP contribution in [0.3, 0.4) is 0 Å². The van der Waals surface area contributed by atoms with Crippen LogP contribution in [0.2, 0.25) is 5.28 Å². The normalized spacial score (nSPS) is 17.7. The van der Waals surface area contributed by atoms with Crippen molar-refractivity contribution in [1.29, 1.82) is 0 Å². The van der Waals surface area contributed by atoms with E-state index >= 15 is 0 Å². The molecule has 1 aliphatic rings. The SMILES string of the molecule is Clc1nccc(NCC2CCCCC2)n1. The summed E-state index contributed by atoms with van der Waals surface area (Å²) in [5.41, 5.74) is 0. The summed E-state index contributed by atoms with van der Waals surface area (Å²) in [6.45, 7) is 1.01. The lowest BCUT2D eigenvalue weighted by atomic mass is 9.89. The molecule has 1 heterocycles. The van der Waals surface area contributed by atoms with Gasteiger partial charge < -0.3 is 5.32 Å². The fraction of sp³-hybridized carbons (Fsp3) is 0.636. The molecule has 0 aromatic carbocycles. The van der Waals surface area contributed by atoms with Gasteiger partial charge in [0.15, 0.2) is 0 Å². The van der Waals surface area contributed by atoms with Gasteiger partial charge in [0.2, 0.25) is 5.28 Å². The maximum absolute atomic E-state index is 5.70. The van der Waals surface area contributed by atoms with Crippen LogP contribution in [-0.4, -0.2) is 16.5 Å². The Morgan fingerprint density at radius 3 is 2.87 bits per heavy atom. The molecule has 1 aliphatic carbocycles. The van der Waals surface area contributed by atoms with Crippen molar-refractivity contribution in [2.45, 2.75) is 32.1 Å². The predicted octanol–water partition coefficient (Wildman–Crippen LogP) is 3.12. The number of hydrogen-bond acceptors (Lipinski definition) is 3. The van der Waals surface area contributed by atoms with Crippen molar-refractivity contribution in [3.63, 3.8) is 0 Å². The summed E-state index contributed by atoms with van der Waals surface area (Å²) in [6.07, 6.45) is 8.50. The van der Waals surface area contributed by atoms with E-state index in [-0.39, 0.29) is 0 Å². The molecular weight excluding hydrogens is 210 g/mol. The molecular formula is C11H16ClN3. The Balaban J connectivity index is 1.81. The molecule has 0 spiro atoms. The summed E-state index contributed by atoms with van der Waals surface area (Å²) in [5, 5.41) is 3.63. The maximum atomic E-state index is 5.70. The Bertz CT molecular complexity index is 310. The first kappa shape index (κ1) is 10.7. The van der Waals surface area contributed by atoms with Gasteiger partial charge in [0.05, 0.1) is 0 Å². The predicted molar refractivity (Wildman–Crippen MR) is 62.1 cm³/mol. The number of aromatic nitrogens is 2. The third kappa shape index (κ3) is 3.34. The van der Waals surface area contributed by atoms with E-state index in [1.54, 1.807) is 6.20 Å². The molecule has 2 rings (SSSR count). The van der Waals surface area contributed by atoms with Gasteiger partial charge in [0.1, 0.15) is 5.82 Å². The Kier molecular flexibility index (Phi) is 3.78. The number of halogens is 1. The van der Waals surface area contributed by atoms with Gasteiger partial charge in [-0.3, -0.25) is 0 Å². The molecule has 1 N–H and O–H groups in total. The van der Waals surface area contributed by atoms with Gasteiger partial charge >= 0.3 is 0 Å². The standard InChI is InChI=1S/C11H16ClN3/c12-11-13-7-6-10(15-11)14-8-9-4-2-1-3-5-9/h6-7,9H,1-5,8H2,(H,13,14,15). The van der Waals surface area contributed by atoms with Crippen molar-refractivity contribution in [2.24, 2.45) is 5.92 Å². The molecule has 0 unspecified atom stereocenters. The van der Waals surface area contributed by atoms with Crippen LogP contribution in [0.5, 0.6) is 0 Å². The van der Waals surface area contributed by atoms with Crippen molar-refractivity contribution >= 4 is 17.4 Å². The minimum atomic E-state index is 0.309. The van der Waals surface area contributed by atoms with E-state index in [1.807, 2.05) is 6.07 Å². The van der Waals surface area contributed by atoms with Gasteiger partial charge in [-0.1, -0.05) is 19.3 Å². The number of anilines is 1. The highest BCUT2D eigenvalue weighted by Crippen LogP contribution is 2.23. The van der Waals surface area contributed by atoms with Crippen LogP contribution in [-0.2, 0) is 0 Å². The summed E-state index contributed by atoms with van der Waals surface area (Å²) in [4.78, 5) is 7.95. The molecule has 0 bridgehead atoms. The van der Waals surface area contributed by atoms with E-state index < -0.39 is 0 Å². The van der Waals surface area contributed by atoms with Crippen LogP contribution in [0.1, 0.15) is 32.1 Å². The summed E-state index contributed by atoms with van der Waals surface area (Å²) in [6, 6.07) is 1.86. The Morgan fingerprint density at radius 2 is 2.13 bits per heavy atom. The van der Waals surface area contributed by atoms with Crippen molar-refractivity contribution in [1.82, 2.24) is 9.97 Å². The highest BCUT2D eigenvalue weighted by atomic mass is 35.5. The number of rotatable bonds is 3. The van der Waals surface area contributed by atoms with E-state index in [4.69, 9.17) is 11.6 Å². The lowest BCUT2D eigenvalue weighted by molar-refractivity contribution is 0.373. The quantitative estimate of drug-likeness (QED) is 0.804. The maximum Gasteiger partial charge on any atom is 0.224 e. The second-order valence-corrected chi connectivity index (χ2v) is 4.43. The topological polar surface area (TPSA) is 37.8 Å². The van der Waals surface area contributed by atoms with E-state index in [1.165, 1.54) is 32.1 Å². The van der Waals surface area contributed by atoms with E-state index in [9.17, 15) is 0 Å². The third-order valence-corrected chi connectivity index (χ3v) is 3.10. The fourth-order valence-corrected chi connectivity index (χ4v) is 2.22. The monoisotopic (exact) mass is 225 g/mol. The van der Waals surface area contributed by atoms with Gasteiger partial charge in [-0.25, -0.2) is 9.97 Å². The first-order valence-corrected chi connectivity index (χ1v) is 5.95. The van der Waals surface area contributed by atoms with Gasteiger partial charge in [0, 0.05) is 12.7 Å². The van der Waals surface area contributed by atoms with Gasteiger partial charge in [0.25, 0.3) is 0 Å². The highest BCUT2D eigenvalue weighted by molar-refractivity contribution is 6.28. The average Bonchev–Trinajstić information content (AvgIpc) is 2.28. The number of nitrogens with one attached hydrogen (secondary N) is 1. The minimum Gasteiger partial charge on any atom is -0.370 e. The zero-order valence-corrected chi connectivity index (χ0v) is 9.50. The van der Waals surface area contributed by atoms with Crippen molar-refractivity contribution < 1.29 is 0 Å². The van der Waals surface area contributed by atoms with Crippen molar-refractivity contribution in [2.75, 3.05) is 11.9 Å². The Labute approximate surface area is 95.3 Å². The molecule has 1 fully saturated rings. The van der Waals surface area contributed by atoms with E-state index in [0.717, 1.165) is 18.3 Å². The molecule has 0 atom stereocenters. The molecule has 82 valence electrons. The highest BCUT2D eigenvalue weighted by Gasteiger charge is 2.12. The van der Waals surface area contributed by atoms with Crippen LogP contribution in [0.4, 0.5) is 5.82 Å². The van der Waals surface area contributed by atoms with E-state index in [0.29, 0.717) is 5.28 Å². The smallest absolute Gasteiger partial charge is 0.224 e. The molecule has 1 saturated carbocycles. The summed E-state index contributed by atoms with van der Waals surface area (Å²) < 4.78 is 0. The fourth-order valence-electron chi connectivity index (χ4n) is 2.07. The third-order valence-electron chi connectivity index (χ3n) is 2.92. The molecule has 1 aromatic rings. The number of hydrogen-bond donors (Lipinski definition) is 1. The molecule has 15 heavy (non-hydrogen) atoms. The average molecular weight is 226 g/mol. The molecule has 3 nitrogen and oxygen atoms in total. The van der Waals surface area contributed by atoms with Gasteiger partial charge in [-0.05, 0) is 36.4 Å². The van der Waals surface area contributed by atoms with E-state index in [2.05, 4.69) is 15.3 Å². The van der Waals surface area contributed by atoms with Crippen LogP contribution in [0.15, 0.2) is 12.3 Å². The van der Waals surface area contributed by atoms with Crippen LogP contribution in [0, 0.1) is 5.92 Å². The van der Waals surface area contributed by atoms with Crippen LogP contribution < -0.4 is 5.32 Å². The molecule has 0 radical (unpaired) electrons. The first-order valence-electron chi connectivity index (χ1n) is 5.57. The van der Waals surface area contributed by atoms with Gasteiger partial charge in [-0.2, -0.15) is 0 Å². The Morgan fingerprint density at radius 1 is 1.33 bits per heavy atom. The van der Waals surface area contributed by atoms with Crippen molar-refractivity contribution in [3.05, 3.63) is 17.5 Å². The van der Waals surface area contributed by atoms with Crippen LogP contribution in [0.25, 0.3) is 0 Å². The summed E-state index contributed by atoms with van der Waals surface area (Å²) in [7, 11) is 0. The summed E-state index contributed by atoms with van der Waals surface area (Å²) in [5.74, 6) is 1.63. The van der Waals surface area contributed by atoms with Crippen molar-refractivity contribution in [3.8, 4) is 0 Å². The largest absolute Gasteiger partial charge is 0.370 e. The summed E-state index contributed by atoms with van der Waals surface area (Å²) >= 11 is 5.70. The zero-order valence-electron chi connectivity index (χ0n) is 8.75. The first-order chi connectivity index (χ1) is 7.34. The molecule has 0 saturated heterocycles. The minimum absolute atomic E-state index is 0.309. The second kappa shape index (κ2) is 5.31. The molecule has 4 heteroatoms. The van der Waals surface area contributed by atoms with Gasteiger partial charge in [-0.15, -0.1) is 0 Å².